The van der Waals surface area contributed by atoms with Crippen molar-refractivity contribution in [1.29, 1.82) is 0 Å². The number of para-hydroxylation sites is 1. The number of benzene rings is 2. The molecule has 26 heavy (non-hydrogen) atoms. The summed E-state index contributed by atoms with van der Waals surface area (Å²) < 4.78 is 52.3. The molecule has 0 radical (unpaired) electrons. The fourth-order valence-corrected chi connectivity index (χ4v) is 3.02. The molecule has 138 valence electrons. The maximum atomic E-state index is 13.8. The lowest BCUT2D eigenvalue weighted by molar-refractivity contribution is -0.386. The average Bonchev–Trinajstić information content (AvgIpc) is 2.61. The fraction of sp³-hybridized carbons (Fsp3) is 0.294. The number of nitro benzene ring substituents is 1. The van der Waals surface area contributed by atoms with Crippen LogP contribution >= 0.6 is 0 Å². The van der Waals surface area contributed by atoms with Crippen LogP contribution in [-0.4, -0.2) is 31.1 Å². The second-order valence-corrected chi connectivity index (χ2v) is 5.89. The number of hydrogen-bond donors (Lipinski definition) is 0. The maximum absolute atomic E-state index is 13.8. The lowest BCUT2D eigenvalue weighted by Gasteiger charge is -2.37. The van der Waals surface area contributed by atoms with Crippen molar-refractivity contribution >= 4 is 17.1 Å². The Hall–Kier alpha value is -2.84. The van der Waals surface area contributed by atoms with Gasteiger partial charge in [-0.25, -0.2) is 0 Å². The summed E-state index contributed by atoms with van der Waals surface area (Å²) in [5, 5.41) is 11.1. The first-order valence-electron chi connectivity index (χ1n) is 7.87. The van der Waals surface area contributed by atoms with E-state index in [4.69, 9.17) is 0 Å². The van der Waals surface area contributed by atoms with Crippen molar-refractivity contribution < 1.29 is 22.5 Å². The largest absolute Gasteiger partial charge is 0.416 e. The normalized spacial score (nSPS) is 15.2. The van der Waals surface area contributed by atoms with Gasteiger partial charge in [-0.1, -0.05) is 12.1 Å². The summed E-state index contributed by atoms with van der Waals surface area (Å²) in [5.41, 5.74) is -0.690. The summed E-state index contributed by atoms with van der Waals surface area (Å²) >= 11 is 0. The Labute approximate surface area is 146 Å². The minimum Gasteiger partial charge on any atom is -0.368 e. The van der Waals surface area contributed by atoms with Gasteiger partial charge in [0.2, 0.25) is 5.82 Å². The van der Waals surface area contributed by atoms with Crippen LogP contribution in [0.1, 0.15) is 5.56 Å². The fourth-order valence-electron chi connectivity index (χ4n) is 3.02. The number of nitrogens with zero attached hydrogens (tertiary/aromatic N) is 3. The highest BCUT2D eigenvalue weighted by Gasteiger charge is 2.31. The molecule has 0 saturated carbocycles. The van der Waals surface area contributed by atoms with Crippen molar-refractivity contribution in [2.24, 2.45) is 0 Å². The topological polar surface area (TPSA) is 49.6 Å². The second-order valence-electron chi connectivity index (χ2n) is 5.89. The molecule has 0 N–H and O–H groups in total. The second kappa shape index (κ2) is 6.81. The summed E-state index contributed by atoms with van der Waals surface area (Å²) in [6, 6.07) is 8.94. The van der Waals surface area contributed by atoms with Gasteiger partial charge in [-0.3, -0.25) is 10.1 Å². The Balaban J connectivity index is 1.77. The van der Waals surface area contributed by atoms with Crippen molar-refractivity contribution in [1.82, 2.24) is 0 Å². The smallest absolute Gasteiger partial charge is 0.368 e. The highest BCUT2D eigenvalue weighted by Crippen LogP contribution is 2.34. The first-order chi connectivity index (χ1) is 12.3. The molecule has 1 aliphatic heterocycles. The van der Waals surface area contributed by atoms with E-state index < -0.39 is 28.2 Å². The summed E-state index contributed by atoms with van der Waals surface area (Å²) in [6.45, 7) is 1.41. The molecule has 1 fully saturated rings. The molecule has 0 bridgehead atoms. The highest BCUT2D eigenvalue weighted by atomic mass is 19.4. The quantitative estimate of drug-likeness (QED) is 0.465. The van der Waals surface area contributed by atoms with Gasteiger partial charge in [0.05, 0.1) is 10.5 Å². The van der Waals surface area contributed by atoms with E-state index in [0.717, 1.165) is 18.2 Å². The van der Waals surface area contributed by atoms with Crippen molar-refractivity contribution in [3.63, 3.8) is 0 Å². The van der Waals surface area contributed by atoms with Gasteiger partial charge in [0.15, 0.2) is 0 Å². The summed E-state index contributed by atoms with van der Waals surface area (Å²) in [4.78, 5) is 13.8. The Morgan fingerprint density at radius 3 is 2.19 bits per heavy atom. The van der Waals surface area contributed by atoms with E-state index in [1.807, 2.05) is 0 Å². The van der Waals surface area contributed by atoms with E-state index in [1.165, 1.54) is 18.2 Å². The Bertz CT molecular complexity index is 818. The van der Waals surface area contributed by atoms with E-state index in [1.54, 1.807) is 15.9 Å². The number of hydrogen-bond acceptors (Lipinski definition) is 4. The standard InChI is InChI=1S/C17H15F4N3O2/c18-14-5-2-6-15(16(14)24(25)26)23-9-7-22(8-10-23)13-4-1-3-12(11-13)17(19,20)21/h1-6,11H,7-10H2. The van der Waals surface area contributed by atoms with Gasteiger partial charge in [0.1, 0.15) is 5.69 Å². The summed E-state index contributed by atoms with van der Waals surface area (Å²) in [5.74, 6) is -0.909. The number of anilines is 2. The molecule has 5 nitrogen and oxygen atoms in total. The number of rotatable bonds is 3. The van der Waals surface area contributed by atoms with Crippen LogP contribution in [0.3, 0.4) is 0 Å². The highest BCUT2D eigenvalue weighted by molar-refractivity contribution is 5.64. The molecule has 3 rings (SSSR count). The first kappa shape index (κ1) is 18.0. The monoisotopic (exact) mass is 369 g/mol. The van der Waals surface area contributed by atoms with Gasteiger partial charge >= 0.3 is 11.9 Å². The zero-order valence-corrected chi connectivity index (χ0v) is 13.5. The molecule has 0 atom stereocenters. The molecular weight excluding hydrogens is 354 g/mol. The lowest BCUT2D eigenvalue weighted by atomic mass is 10.1. The molecule has 0 aromatic heterocycles. The van der Waals surface area contributed by atoms with Crippen LogP contribution in [-0.2, 0) is 6.18 Å². The van der Waals surface area contributed by atoms with Crippen molar-refractivity contribution in [3.05, 3.63) is 64.0 Å². The van der Waals surface area contributed by atoms with E-state index in [2.05, 4.69) is 0 Å². The number of alkyl halides is 3. The third kappa shape index (κ3) is 3.56. The van der Waals surface area contributed by atoms with E-state index in [-0.39, 0.29) is 5.69 Å². The molecule has 0 spiro atoms. The molecule has 0 aliphatic carbocycles. The SMILES string of the molecule is O=[N+]([O-])c1c(F)cccc1N1CCN(c2cccc(C(F)(F)F)c2)CC1. The Morgan fingerprint density at radius 2 is 1.58 bits per heavy atom. The van der Waals surface area contributed by atoms with Crippen LogP contribution < -0.4 is 9.80 Å². The van der Waals surface area contributed by atoms with Crippen LogP contribution in [0.5, 0.6) is 0 Å². The predicted octanol–water partition coefficient (Wildman–Crippen LogP) is 4.08. The van der Waals surface area contributed by atoms with Gasteiger partial charge in [-0.2, -0.15) is 17.6 Å². The zero-order chi connectivity index (χ0) is 18.9. The number of piperazine rings is 1. The molecule has 9 heteroatoms. The summed E-state index contributed by atoms with van der Waals surface area (Å²) in [7, 11) is 0. The van der Waals surface area contributed by atoms with Gasteiger partial charge < -0.3 is 9.80 Å². The maximum Gasteiger partial charge on any atom is 0.416 e. The molecule has 2 aromatic carbocycles. The van der Waals surface area contributed by atoms with E-state index >= 15 is 0 Å². The van der Waals surface area contributed by atoms with E-state index in [9.17, 15) is 27.7 Å². The Morgan fingerprint density at radius 1 is 0.962 bits per heavy atom. The minimum atomic E-state index is -4.42. The zero-order valence-electron chi connectivity index (χ0n) is 13.5. The van der Waals surface area contributed by atoms with Crippen LogP contribution in [0.2, 0.25) is 0 Å². The van der Waals surface area contributed by atoms with Crippen LogP contribution in [0.4, 0.5) is 34.6 Å². The molecule has 2 aromatic rings. The first-order valence-corrected chi connectivity index (χ1v) is 7.87. The number of nitro groups is 1. The van der Waals surface area contributed by atoms with Crippen molar-refractivity contribution in [2.45, 2.75) is 6.18 Å². The third-order valence-electron chi connectivity index (χ3n) is 4.31. The molecule has 1 saturated heterocycles. The Kier molecular flexibility index (Phi) is 4.71. The molecule has 0 unspecified atom stereocenters. The van der Waals surface area contributed by atoms with Crippen LogP contribution in [0.25, 0.3) is 0 Å². The van der Waals surface area contributed by atoms with Crippen LogP contribution in [0, 0.1) is 15.9 Å². The van der Waals surface area contributed by atoms with Gasteiger partial charge in [0, 0.05) is 31.9 Å². The van der Waals surface area contributed by atoms with Gasteiger partial charge in [-0.05, 0) is 30.3 Å². The van der Waals surface area contributed by atoms with Crippen molar-refractivity contribution in [3.8, 4) is 0 Å². The lowest BCUT2D eigenvalue weighted by Crippen LogP contribution is -2.46. The predicted molar refractivity (Wildman–Crippen MR) is 88.9 cm³/mol. The van der Waals surface area contributed by atoms with Crippen LogP contribution in [0.15, 0.2) is 42.5 Å². The number of halogens is 4. The molecular formula is C17H15F4N3O2. The molecule has 1 aliphatic rings. The van der Waals surface area contributed by atoms with E-state index in [0.29, 0.717) is 31.9 Å². The third-order valence-corrected chi connectivity index (χ3v) is 4.31. The summed E-state index contributed by atoms with van der Waals surface area (Å²) in [6.07, 6.45) is -4.42. The van der Waals surface area contributed by atoms with Crippen molar-refractivity contribution in [2.75, 3.05) is 36.0 Å². The minimum absolute atomic E-state index is 0.179. The average molecular weight is 369 g/mol. The molecule has 1 heterocycles. The van der Waals surface area contributed by atoms with Gasteiger partial charge in [0.25, 0.3) is 0 Å². The van der Waals surface area contributed by atoms with Gasteiger partial charge in [-0.15, -0.1) is 0 Å². The molecule has 0 amide bonds.